The zero-order valence-electron chi connectivity index (χ0n) is 16.5. The number of hydrogen-bond donors (Lipinski definition) is 0. The molecule has 0 aliphatic heterocycles. The number of fused-ring (bicyclic) bond motifs is 5. The lowest BCUT2D eigenvalue weighted by atomic mass is 10.1. The smallest absolute Gasteiger partial charge is 0.259 e. The maximum absolute atomic E-state index is 13.2. The number of thiophene rings is 1. The molecule has 1 atom stereocenters. The number of aryl methyl sites for hydroxylation is 2. The third-order valence-electron chi connectivity index (χ3n) is 5.13. The number of hydrogen-bond acceptors (Lipinski definition) is 6. The van der Waals surface area contributed by atoms with Crippen molar-refractivity contribution in [3.8, 4) is 0 Å². The number of nitrogens with zero attached hydrogens (tertiary/aromatic N) is 7. The fourth-order valence-electron chi connectivity index (χ4n) is 3.66. The highest BCUT2D eigenvalue weighted by molar-refractivity contribution is 7.26. The van der Waals surface area contributed by atoms with Crippen LogP contribution in [0.1, 0.15) is 54.3 Å². The van der Waals surface area contributed by atoms with Gasteiger partial charge < -0.3 is 0 Å². The summed E-state index contributed by atoms with van der Waals surface area (Å²) in [5.74, 6) is 0.372. The fraction of sp³-hybridized carbons (Fsp3) is 0.316. The fourth-order valence-corrected chi connectivity index (χ4v) is 4.85. The molecule has 0 fully saturated rings. The van der Waals surface area contributed by atoms with E-state index < -0.39 is 18.9 Å². The molecule has 5 heterocycles. The molecule has 0 aliphatic carbocycles. The molecular formula is C19H15F4N7S. The van der Waals surface area contributed by atoms with Crippen LogP contribution in [0.25, 0.3) is 26.1 Å². The standard InChI is InChI=1S/C19H15F4N7S/c1-7-4-10(15(20)21)25-19-12(7)13-14(31-19)18-26-17(28-29(18)6-24-13)9(3)30-8(2)5-11(27-30)16(22)23/h4-6,9,15-16H,1-3H3/t9-/m1/s1. The van der Waals surface area contributed by atoms with Gasteiger partial charge in [0, 0.05) is 11.1 Å². The lowest BCUT2D eigenvalue weighted by Crippen LogP contribution is -2.12. The predicted molar refractivity (Wildman–Crippen MR) is 107 cm³/mol. The summed E-state index contributed by atoms with van der Waals surface area (Å²) in [7, 11) is 0. The largest absolute Gasteiger partial charge is 0.282 e. The Morgan fingerprint density at radius 1 is 0.968 bits per heavy atom. The van der Waals surface area contributed by atoms with Gasteiger partial charge in [-0.1, -0.05) is 0 Å². The number of halogens is 4. The molecule has 0 radical (unpaired) electrons. The Kier molecular flexibility index (Phi) is 4.43. The van der Waals surface area contributed by atoms with Crippen LogP contribution < -0.4 is 0 Å². The third-order valence-corrected chi connectivity index (χ3v) is 6.20. The molecule has 0 aromatic carbocycles. The van der Waals surface area contributed by atoms with Gasteiger partial charge in [0.15, 0.2) is 11.5 Å². The maximum atomic E-state index is 13.2. The van der Waals surface area contributed by atoms with E-state index in [1.165, 1.54) is 39.0 Å². The Labute approximate surface area is 176 Å². The molecular weight excluding hydrogens is 434 g/mol. The SMILES string of the molecule is Cc1cc(C(F)F)nc2sc3c(ncn4nc([C@@H](C)n5nc(C(F)F)cc5C)nc34)c12. The van der Waals surface area contributed by atoms with Crippen LogP contribution in [0.4, 0.5) is 17.6 Å². The van der Waals surface area contributed by atoms with E-state index in [1.807, 2.05) is 0 Å². The van der Waals surface area contributed by atoms with Crippen molar-refractivity contribution in [3.63, 3.8) is 0 Å². The summed E-state index contributed by atoms with van der Waals surface area (Å²) in [6, 6.07) is 2.20. The quantitative estimate of drug-likeness (QED) is 0.353. The van der Waals surface area contributed by atoms with Crippen molar-refractivity contribution in [2.75, 3.05) is 0 Å². The van der Waals surface area contributed by atoms with Gasteiger partial charge in [0.2, 0.25) is 0 Å². The van der Waals surface area contributed by atoms with E-state index >= 15 is 0 Å². The number of aromatic nitrogens is 7. The average Bonchev–Trinajstić information content (AvgIpc) is 3.40. The first-order valence-corrected chi connectivity index (χ1v) is 10.1. The Hall–Kier alpha value is -3.15. The first-order valence-electron chi connectivity index (χ1n) is 9.32. The van der Waals surface area contributed by atoms with Gasteiger partial charge in [-0.25, -0.2) is 37.0 Å². The molecule has 0 amide bonds. The van der Waals surface area contributed by atoms with Gasteiger partial charge in [0.05, 0.1) is 5.52 Å². The average molecular weight is 449 g/mol. The molecule has 5 rings (SSSR count). The summed E-state index contributed by atoms with van der Waals surface area (Å²) in [5.41, 5.74) is 1.73. The highest BCUT2D eigenvalue weighted by Crippen LogP contribution is 2.37. The van der Waals surface area contributed by atoms with Crippen molar-refractivity contribution in [3.05, 3.63) is 46.9 Å². The first-order chi connectivity index (χ1) is 14.7. The monoisotopic (exact) mass is 449 g/mol. The van der Waals surface area contributed by atoms with Crippen LogP contribution in [-0.2, 0) is 0 Å². The van der Waals surface area contributed by atoms with Gasteiger partial charge in [-0.15, -0.1) is 16.4 Å². The normalized spacial score (nSPS) is 13.5. The zero-order valence-corrected chi connectivity index (χ0v) is 17.3. The van der Waals surface area contributed by atoms with Crippen LogP contribution in [0.15, 0.2) is 18.5 Å². The molecule has 0 unspecified atom stereocenters. The lowest BCUT2D eigenvalue weighted by Gasteiger charge is -2.10. The van der Waals surface area contributed by atoms with Gasteiger partial charge in [-0.05, 0) is 38.5 Å². The number of alkyl halides is 4. The van der Waals surface area contributed by atoms with Crippen molar-refractivity contribution in [1.82, 2.24) is 34.3 Å². The number of pyridine rings is 1. The second kappa shape index (κ2) is 6.94. The summed E-state index contributed by atoms with van der Waals surface area (Å²) in [5, 5.41) is 9.11. The van der Waals surface area contributed by atoms with E-state index in [0.29, 0.717) is 43.2 Å². The van der Waals surface area contributed by atoms with Gasteiger partial charge in [0.25, 0.3) is 12.9 Å². The van der Waals surface area contributed by atoms with E-state index in [2.05, 4.69) is 25.1 Å². The molecule has 7 nitrogen and oxygen atoms in total. The highest BCUT2D eigenvalue weighted by atomic mass is 32.1. The molecule has 0 N–H and O–H groups in total. The molecule has 0 spiro atoms. The van der Waals surface area contributed by atoms with Crippen molar-refractivity contribution in [2.24, 2.45) is 0 Å². The Bertz CT molecular complexity index is 1450. The van der Waals surface area contributed by atoms with E-state index in [4.69, 9.17) is 0 Å². The molecule has 31 heavy (non-hydrogen) atoms. The van der Waals surface area contributed by atoms with Crippen LogP contribution >= 0.6 is 11.3 Å². The molecule has 0 saturated heterocycles. The van der Waals surface area contributed by atoms with E-state index in [1.54, 1.807) is 20.8 Å². The Morgan fingerprint density at radius 2 is 1.71 bits per heavy atom. The van der Waals surface area contributed by atoms with Crippen molar-refractivity contribution >= 4 is 37.4 Å². The van der Waals surface area contributed by atoms with Crippen molar-refractivity contribution in [2.45, 2.75) is 39.7 Å². The van der Waals surface area contributed by atoms with E-state index in [9.17, 15) is 17.6 Å². The second-order valence-corrected chi connectivity index (χ2v) is 8.24. The Morgan fingerprint density at radius 3 is 2.39 bits per heavy atom. The zero-order chi connectivity index (χ0) is 22.0. The number of rotatable bonds is 4. The topological polar surface area (TPSA) is 73.8 Å². The van der Waals surface area contributed by atoms with Crippen LogP contribution in [-0.4, -0.2) is 34.3 Å². The third kappa shape index (κ3) is 3.04. The lowest BCUT2D eigenvalue weighted by molar-refractivity contribution is 0.144. The van der Waals surface area contributed by atoms with Crippen LogP contribution in [0.2, 0.25) is 0 Å². The Balaban J connectivity index is 1.67. The van der Waals surface area contributed by atoms with Gasteiger partial charge in [-0.2, -0.15) is 5.10 Å². The van der Waals surface area contributed by atoms with Crippen LogP contribution in [0.5, 0.6) is 0 Å². The molecule has 5 aromatic heterocycles. The molecule has 0 bridgehead atoms. The van der Waals surface area contributed by atoms with E-state index in [-0.39, 0.29) is 11.4 Å². The molecule has 5 aromatic rings. The molecule has 0 aliphatic rings. The van der Waals surface area contributed by atoms with Crippen molar-refractivity contribution < 1.29 is 17.6 Å². The van der Waals surface area contributed by atoms with E-state index in [0.717, 1.165) is 0 Å². The van der Waals surface area contributed by atoms with Gasteiger partial charge in [-0.3, -0.25) is 4.68 Å². The molecule has 0 saturated carbocycles. The highest BCUT2D eigenvalue weighted by Gasteiger charge is 2.23. The van der Waals surface area contributed by atoms with Crippen molar-refractivity contribution in [1.29, 1.82) is 0 Å². The first kappa shape index (κ1) is 19.8. The summed E-state index contributed by atoms with van der Waals surface area (Å²) >= 11 is 1.22. The summed E-state index contributed by atoms with van der Waals surface area (Å²) in [6.07, 6.45) is -3.84. The van der Waals surface area contributed by atoms with Crippen LogP contribution in [0, 0.1) is 13.8 Å². The minimum absolute atomic E-state index is 0.285. The summed E-state index contributed by atoms with van der Waals surface area (Å²) < 4.78 is 56.0. The minimum Gasteiger partial charge on any atom is -0.259 e. The minimum atomic E-state index is -2.67. The summed E-state index contributed by atoms with van der Waals surface area (Å²) in [6.45, 7) is 5.19. The van der Waals surface area contributed by atoms with Gasteiger partial charge in [0.1, 0.15) is 33.3 Å². The predicted octanol–water partition coefficient (Wildman–Crippen LogP) is 5.19. The second-order valence-electron chi connectivity index (χ2n) is 7.24. The molecule has 12 heteroatoms. The summed E-state index contributed by atoms with van der Waals surface area (Å²) in [4.78, 5) is 13.6. The van der Waals surface area contributed by atoms with Gasteiger partial charge >= 0.3 is 0 Å². The maximum Gasteiger partial charge on any atom is 0.282 e. The van der Waals surface area contributed by atoms with Crippen LogP contribution in [0.3, 0.4) is 0 Å². The molecule has 160 valence electrons.